The maximum Gasteiger partial charge on any atom is 0.312 e. The minimum atomic E-state index is -0.551. The van der Waals surface area contributed by atoms with Gasteiger partial charge in [-0.1, -0.05) is 41.4 Å². The Morgan fingerprint density at radius 2 is 1.87 bits per heavy atom. The maximum absolute atomic E-state index is 13.3. The molecule has 31 heavy (non-hydrogen) atoms. The van der Waals surface area contributed by atoms with Crippen molar-refractivity contribution in [1.82, 2.24) is 4.98 Å². The summed E-state index contributed by atoms with van der Waals surface area (Å²) in [6.07, 6.45) is 2.86. The van der Waals surface area contributed by atoms with E-state index in [2.05, 4.69) is 4.98 Å². The molecule has 1 aliphatic rings. The Morgan fingerprint density at radius 1 is 1.10 bits per heavy atom. The Balaban J connectivity index is 1.80. The molecule has 0 saturated heterocycles. The number of phenols is 1. The highest BCUT2D eigenvalue weighted by molar-refractivity contribution is 6.30. The molecular weight excluding hydrogens is 441 g/mol. The number of halogens is 2. The Labute approximate surface area is 185 Å². The number of aromatic nitrogens is 1. The van der Waals surface area contributed by atoms with Gasteiger partial charge in [0.25, 0.3) is 0 Å². The highest BCUT2D eigenvalue weighted by Gasteiger charge is 2.34. The summed E-state index contributed by atoms with van der Waals surface area (Å²) < 4.78 is 11.2. The third-order valence-corrected chi connectivity index (χ3v) is 5.86. The van der Waals surface area contributed by atoms with E-state index in [1.165, 1.54) is 12.3 Å². The predicted octanol–water partition coefficient (Wildman–Crippen LogP) is 5.31. The average Bonchev–Trinajstić information content (AvgIpc) is 2.74. The number of phenolic OH excluding ortho intramolecular Hbond substituents is 1. The third kappa shape index (κ3) is 3.24. The molecule has 1 N–H and O–H groups in total. The molecule has 1 atom stereocenters. The number of aromatic hydroxyl groups is 1. The van der Waals surface area contributed by atoms with Gasteiger partial charge in [-0.2, -0.15) is 0 Å². The van der Waals surface area contributed by atoms with E-state index in [0.717, 1.165) is 0 Å². The number of fused-ring (bicyclic) bond motifs is 3. The fourth-order valence-corrected chi connectivity index (χ4v) is 4.26. The molecule has 2 aromatic carbocycles. The normalized spacial score (nSPS) is 15.5. The quantitative estimate of drug-likeness (QED) is 0.251. The molecule has 0 amide bonds. The second kappa shape index (κ2) is 7.41. The SMILES string of the molecule is O=C1CC(c2cccnc2Cl)c2c(cc(O)c3c(=O)c(-c4ccc(Cl)cc4)coc23)O1. The highest BCUT2D eigenvalue weighted by atomic mass is 35.5. The van der Waals surface area contributed by atoms with Crippen molar-refractivity contribution in [1.29, 1.82) is 0 Å². The van der Waals surface area contributed by atoms with E-state index in [9.17, 15) is 14.7 Å². The van der Waals surface area contributed by atoms with Crippen LogP contribution in [-0.2, 0) is 4.79 Å². The number of carbonyl (C=O) groups is 1. The number of carbonyl (C=O) groups excluding carboxylic acids is 1. The van der Waals surface area contributed by atoms with Crippen molar-refractivity contribution in [2.75, 3.05) is 0 Å². The van der Waals surface area contributed by atoms with Gasteiger partial charge in [-0.15, -0.1) is 0 Å². The van der Waals surface area contributed by atoms with Gasteiger partial charge in [-0.3, -0.25) is 9.59 Å². The Bertz CT molecular complexity index is 1410. The third-order valence-electron chi connectivity index (χ3n) is 5.29. The van der Waals surface area contributed by atoms with Gasteiger partial charge >= 0.3 is 5.97 Å². The molecule has 0 bridgehead atoms. The molecule has 1 aliphatic heterocycles. The van der Waals surface area contributed by atoms with E-state index in [1.807, 2.05) is 0 Å². The Hall–Kier alpha value is -3.35. The summed E-state index contributed by atoms with van der Waals surface area (Å²) in [6.45, 7) is 0. The summed E-state index contributed by atoms with van der Waals surface area (Å²) in [5.74, 6) is -1.26. The molecule has 3 heterocycles. The number of hydrogen-bond donors (Lipinski definition) is 1. The van der Waals surface area contributed by atoms with Crippen molar-refractivity contribution in [3.63, 3.8) is 0 Å². The van der Waals surface area contributed by atoms with E-state index in [4.69, 9.17) is 32.4 Å². The van der Waals surface area contributed by atoms with Crippen LogP contribution < -0.4 is 10.2 Å². The van der Waals surface area contributed by atoms with Crippen molar-refractivity contribution < 1.29 is 19.1 Å². The number of pyridine rings is 1. The van der Waals surface area contributed by atoms with Gasteiger partial charge < -0.3 is 14.3 Å². The van der Waals surface area contributed by atoms with Crippen molar-refractivity contribution in [3.8, 4) is 22.6 Å². The van der Waals surface area contributed by atoms with E-state index in [1.54, 1.807) is 42.6 Å². The van der Waals surface area contributed by atoms with Crippen LogP contribution in [0.4, 0.5) is 0 Å². The molecule has 6 nitrogen and oxygen atoms in total. The fraction of sp³-hybridized carbons (Fsp3) is 0.0870. The molecule has 154 valence electrons. The topological polar surface area (TPSA) is 89.6 Å². The highest BCUT2D eigenvalue weighted by Crippen LogP contribution is 2.46. The van der Waals surface area contributed by atoms with Gasteiger partial charge in [0, 0.05) is 28.8 Å². The summed E-state index contributed by atoms with van der Waals surface area (Å²) in [4.78, 5) is 29.6. The molecule has 2 aromatic heterocycles. The first-order valence-electron chi connectivity index (χ1n) is 9.32. The van der Waals surface area contributed by atoms with Crippen molar-refractivity contribution in [2.45, 2.75) is 12.3 Å². The molecule has 5 rings (SSSR count). The first-order valence-corrected chi connectivity index (χ1v) is 10.1. The summed E-state index contributed by atoms with van der Waals surface area (Å²) in [5, 5.41) is 11.4. The number of nitrogens with zero attached hydrogens (tertiary/aromatic N) is 1. The molecule has 0 saturated carbocycles. The predicted molar refractivity (Wildman–Crippen MR) is 116 cm³/mol. The number of esters is 1. The monoisotopic (exact) mass is 453 g/mol. The first kappa shape index (κ1) is 19.6. The van der Waals surface area contributed by atoms with Gasteiger partial charge in [-0.05, 0) is 29.3 Å². The zero-order chi connectivity index (χ0) is 21.7. The molecule has 0 fully saturated rings. The first-order chi connectivity index (χ1) is 14.9. The molecule has 1 unspecified atom stereocenters. The van der Waals surface area contributed by atoms with Gasteiger partial charge in [0.15, 0.2) is 0 Å². The Morgan fingerprint density at radius 3 is 2.61 bits per heavy atom. The summed E-state index contributed by atoms with van der Waals surface area (Å²) in [7, 11) is 0. The minimum Gasteiger partial charge on any atom is -0.507 e. The fourth-order valence-electron chi connectivity index (χ4n) is 3.88. The second-order valence-corrected chi connectivity index (χ2v) is 7.91. The van der Waals surface area contributed by atoms with Crippen LogP contribution >= 0.6 is 23.2 Å². The maximum atomic E-state index is 13.3. The minimum absolute atomic E-state index is 0.00541. The van der Waals surface area contributed by atoms with Crippen LogP contribution in [0.1, 0.15) is 23.5 Å². The molecule has 8 heteroatoms. The number of rotatable bonds is 2. The van der Waals surface area contributed by atoms with Crippen LogP contribution in [0.3, 0.4) is 0 Å². The van der Waals surface area contributed by atoms with Crippen LogP contribution in [0.2, 0.25) is 10.2 Å². The van der Waals surface area contributed by atoms with Gasteiger partial charge in [0.05, 0.1) is 12.0 Å². The van der Waals surface area contributed by atoms with Crippen LogP contribution in [0, 0.1) is 0 Å². The lowest BCUT2D eigenvalue weighted by Gasteiger charge is -2.26. The van der Waals surface area contributed by atoms with Gasteiger partial charge in [-0.25, -0.2) is 4.98 Å². The summed E-state index contributed by atoms with van der Waals surface area (Å²) >= 11 is 12.2. The standard InChI is InChI=1S/C23H13Cl2NO5/c24-12-5-3-11(4-6-12)15-10-30-22-19-14(13-2-1-7-26-23(13)25)8-18(28)31-17(19)9-16(27)20(22)21(15)29/h1-7,9-10,14,27H,8H2. The number of ether oxygens (including phenoxy) is 1. The van der Waals surface area contributed by atoms with Crippen LogP contribution in [0.5, 0.6) is 11.5 Å². The lowest BCUT2D eigenvalue weighted by Crippen LogP contribution is -2.22. The molecule has 0 aliphatic carbocycles. The van der Waals surface area contributed by atoms with Crippen molar-refractivity contribution in [2.24, 2.45) is 0 Å². The number of hydrogen-bond acceptors (Lipinski definition) is 6. The summed E-state index contributed by atoms with van der Waals surface area (Å²) in [5.41, 5.74) is 1.63. The van der Waals surface area contributed by atoms with E-state index < -0.39 is 17.3 Å². The Kier molecular flexibility index (Phi) is 4.68. The lowest BCUT2D eigenvalue weighted by atomic mass is 9.85. The van der Waals surface area contributed by atoms with Crippen molar-refractivity contribution in [3.05, 3.63) is 86.5 Å². The lowest BCUT2D eigenvalue weighted by molar-refractivity contribution is -0.135. The smallest absolute Gasteiger partial charge is 0.312 e. The van der Waals surface area contributed by atoms with Crippen LogP contribution in [-0.4, -0.2) is 16.1 Å². The van der Waals surface area contributed by atoms with Crippen LogP contribution in [0.25, 0.3) is 22.1 Å². The zero-order valence-corrected chi connectivity index (χ0v) is 17.3. The van der Waals surface area contributed by atoms with E-state index in [-0.39, 0.29) is 39.6 Å². The van der Waals surface area contributed by atoms with E-state index in [0.29, 0.717) is 21.7 Å². The van der Waals surface area contributed by atoms with Gasteiger partial charge in [0.1, 0.15) is 33.9 Å². The number of benzene rings is 2. The van der Waals surface area contributed by atoms with Crippen molar-refractivity contribution >= 4 is 40.1 Å². The molecule has 0 spiro atoms. The average molecular weight is 454 g/mol. The molecule has 0 radical (unpaired) electrons. The summed E-state index contributed by atoms with van der Waals surface area (Å²) in [6, 6.07) is 11.4. The molecular formula is C23H13Cl2NO5. The van der Waals surface area contributed by atoms with Crippen LogP contribution in [0.15, 0.2) is 64.1 Å². The largest absolute Gasteiger partial charge is 0.507 e. The van der Waals surface area contributed by atoms with E-state index >= 15 is 0 Å². The molecule has 4 aromatic rings. The van der Waals surface area contributed by atoms with Gasteiger partial charge in [0.2, 0.25) is 5.43 Å². The second-order valence-electron chi connectivity index (χ2n) is 7.11. The zero-order valence-electron chi connectivity index (χ0n) is 15.8.